The number of hydrogen-bond donors (Lipinski definition) is 3. The van der Waals surface area contributed by atoms with Crippen LogP contribution >= 0.6 is 0 Å². The SMILES string of the molecule is COC(=O)c1ccc(NC(=O)NC(=O)Nc2ccccc2)cc1. The molecule has 118 valence electrons. The maximum absolute atomic E-state index is 11.7. The summed E-state index contributed by atoms with van der Waals surface area (Å²) in [6.45, 7) is 0. The van der Waals surface area contributed by atoms with E-state index in [2.05, 4.69) is 20.7 Å². The zero-order valence-electron chi connectivity index (χ0n) is 12.3. The van der Waals surface area contributed by atoms with Gasteiger partial charge in [0.05, 0.1) is 12.7 Å². The van der Waals surface area contributed by atoms with E-state index in [9.17, 15) is 14.4 Å². The third kappa shape index (κ3) is 4.85. The lowest BCUT2D eigenvalue weighted by Gasteiger charge is -2.08. The Labute approximate surface area is 132 Å². The molecule has 23 heavy (non-hydrogen) atoms. The number of imide groups is 1. The van der Waals surface area contributed by atoms with Crippen LogP contribution in [0.15, 0.2) is 54.6 Å². The van der Waals surface area contributed by atoms with Crippen LogP contribution in [0.25, 0.3) is 0 Å². The second kappa shape index (κ2) is 7.60. The van der Waals surface area contributed by atoms with Gasteiger partial charge in [-0.2, -0.15) is 0 Å². The van der Waals surface area contributed by atoms with Crippen LogP contribution in [0.1, 0.15) is 10.4 Å². The highest BCUT2D eigenvalue weighted by Gasteiger charge is 2.09. The van der Waals surface area contributed by atoms with E-state index in [1.807, 2.05) is 6.07 Å². The van der Waals surface area contributed by atoms with E-state index >= 15 is 0 Å². The minimum absolute atomic E-state index is 0.361. The summed E-state index contributed by atoms with van der Waals surface area (Å²) in [6, 6.07) is 13.5. The highest BCUT2D eigenvalue weighted by molar-refractivity contribution is 6.05. The molecule has 0 saturated heterocycles. The molecule has 0 radical (unpaired) electrons. The van der Waals surface area contributed by atoms with Crippen molar-refractivity contribution in [2.45, 2.75) is 0 Å². The number of para-hydroxylation sites is 1. The minimum atomic E-state index is -0.691. The van der Waals surface area contributed by atoms with Gasteiger partial charge >= 0.3 is 18.0 Å². The predicted molar refractivity (Wildman–Crippen MR) is 85.4 cm³/mol. The number of amides is 4. The number of methoxy groups -OCH3 is 1. The lowest BCUT2D eigenvalue weighted by molar-refractivity contribution is 0.0600. The van der Waals surface area contributed by atoms with Crippen LogP contribution in [0, 0.1) is 0 Å². The standard InChI is InChI=1S/C16H15N3O4/c1-23-14(20)11-7-9-13(10-8-11)18-16(22)19-15(21)17-12-5-3-2-4-6-12/h2-10H,1H3,(H3,17,18,19,21,22). The number of nitrogens with one attached hydrogen (secondary N) is 3. The Hall–Kier alpha value is -3.35. The fraction of sp³-hybridized carbons (Fsp3) is 0.0625. The Morgan fingerprint density at radius 3 is 1.83 bits per heavy atom. The summed E-state index contributed by atoms with van der Waals surface area (Å²) >= 11 is 0. The highest BCUT2D eigenvalue weighted by atomic mass is 16.5. The molecule has 7 heteroatoms. The monoisotopic (exact) mass is 313 g/mol. The van der Waals surface area contributed by atoms with E-state index in [-0.39, 0.29) is 0 Å². The van der Waals surface area contributed by atoms with Gasteiger partial charge in [-0.15, -0.1) is 0 Å². The van der Waals surface area contributed by atoms with Crippen molar-refractivity contribution in [1.82, 2.24) is 5.32 Å². The van der Waals surface area contributed by atoms with Crippen LogP contribution in [-0.4, -0.2) is 25.1 Å². The molecule has 7 nitrogen and oxygen atoms in total. The molecule has 0 aromatic heterocycles. The Bertz CT molecular complexity index is 699. The third-order valence-corrected chi connectivity index (χ3v) is 2.82. The van der Waals surface area contributed by atoms with Gasteiger partial charge in [0.2, 0.25) is 0 Å². The van der Waals surface area contributed by atoms with E-state index in [0.29, 0.717) is 16.9 Å². The van der Waals surface area contributed by atoms with Crippen molar-refractivity contribution >= 4 is 29.4 Å². The lowest BCUT2D eigenvalue weighted by atomic mass is 10.2. The first-order valence-corrected chi connectivity index (χ1v) is 6.71. The van der Waals surface area contributed by atoms with Gasteiger partial charge in [0.15, 0.2) is 0 Å². The number of hydrogen-bond acceptors (Lipinski definition) is 4. The summed E-state index contributed by atoms with van der Waals surface area (Å²) in [6.07, 6.45) is 0. The van der Waals surface area contributed by atoms with Crippen LogP contribution in [0.3, 0.4) is 0 Å². The smallest absolute Gasteiger partial charge is 0.337 e. The molecule has 0 spiro atoms. The molecule has 0 fully saturated rings. The molecule has 4 amide bonds. The molecule has 0 unspecified atom stereocenters. The second-order valence-corrected chi connectivity index (χ2v) is 4.47. The maximum atomic E-state index is 11.7. The molecule has 0 bridgehead atoms. The number of esters is 1. The van der Waals surface area contributed by atoms with E-state index in [1.165, 1.54) is 31.4 Å². The first-order valence-electron chi connectivity index (χ1n) is 6.71. The van der Waals surface area contributed by atoms with Crippen LogP contribution in [0.5, 0.6) is 0 Å². The molecule has 0 aliphatic heterocycles. The maximum Gasteiger partial charge on any atom is 0.337 e. The Kier molecular flexibility index (Phi) is 5.30. The number of rotatable bonds is 3. The summed E-state index contributed by atoms with van der Waals surface area (Å²) in [5.41, 5.74) is 1.36. The quantitative estimate of drug-likeness (QED) is 0.759. The molecule has 3 N–H and O–H groups in total. The van der Waals surface area contributed by atoms with Gasteiger partial charge in [-0.05, 0) is 36.4 Å². The molecule has 2 rings (SSSR count). The summed E-state index contributed by atoms with van der Waals surface area (Å²) in [7, 11) is 1.29. The topological polar surface area (TPSA) is 96.5 Å². The molecule has 2 aromatic carbocycles. The number of ether oxygens (including phenoxy) is 1. The molecule has 0 atom stereocenters. The van der Waals surface area contributed by atoms with Gasteiger partial charge in [-0.25, -0.2) is 14.4 Å². The van der Waals surface area contributed by atoms with Gasteiger partial charge in [0, 0.05) is 11.4 Å². The van der Waals surface area contributed by atoms with Gasteiger partial charge in [0.25, 0.3) is 0 Å². The van der Waals surface area contributed by atoms with Crippen molar-refractivity contribution in [3.8, 4) is 0 Å². The van der Waals surface area contributed by atoms with Crippen LogP contribution in [0.4, 0.5) is 21.0 Å². The fourth-order valence-electron chi connectivity index (χ4n) is 1.76. The van der Waals surface area contributed by atoms with Crippen LogP contribution < -0.4 is 16.0 Å². The number of anilines is 2. The van der Waals surface area contributed by atoms with Crippen molar-refractivity contribution in [2.75, 3.05) is 17.7 Å². The molecular formula is C16H15N3O4. The van der Waals surface area contributed by atoms with Gasteiger partial charge in [-0.3, -0.25) is 5.32 Å². The van der Waals surface area contributed by atoms with Crippen molar-refractivity contribution in [3.05, 3.63) is 60.2 Å². The molecular weight excluding hydrogens is 298 g/mol. The number of carbonyl (C=O) groups is 3. The van der Waals surface area contributed by atoms with Gasteiger partial charge in [-0.1, -0.05) is 18.2 Å². The fourth-order valence-corrected chi connectivity index (χ4v) is 1.76. The summed E-state index contributed by atoms with van der Waals surface area (Å²) < 4.78 is 4.57. The molecule has 0 aliphatic rings. The summed E-state index contributed by atoms with van der Waals surface area (Å²) in [5, 5.41) is 7.13. The minimum Gasteiger partial charge on any atom is -0.465 e. The summed E-state index contributed by atoms with van der Waals surface area (Å²) in [4.78, 5) is 34.7. The van der Waals surface area contributed by atoms with Crippen molar-refractivity contribution in [1.29, 1.82) is 0 Å². The van der Waals surface area contributed by atoms with Crippen molar-refractivity contribution in [2.24, 2.45) is 0 Å². The van der Waals surface area contributed by atoms with Crippen LogP contribution in [0.2, 0.25) is 0 Å². The van der Waals surface area contributed by atoms with Crippen LogP contribution in [-0.2, 0) is 4.74 Å². The lowest BCUT2D eigenvalue weighted by Crippen LogP contribution is -2.37. The van der Waals surface area contributed by atoms with E-state index in [1.54, 1.807) is 24.3 Å². The summed E-state index contributed by atoms with van der Waals surface area (Å²) in [5.74, 6) is -0.469. The zero-order valence-corrected chi connectivity index (χ0v) is 12.3. The largest absolute Gasteiger partial charge is 0.465 e. The van der Waals surface area contributed by atoms with Crippen molar-refractivity contribution in [3.63, 3.8) is 0 Å². The Morgan fingerprint density at radius 2 is 1.30 bits per heavy atom. The zero-order chi connectivity index (χ0) is 16.7. The highest BCUT2D eigenvalue weighted by Crippen LogP contribution is 2.10. The molecule has 0 aliphatic carbocycles. The van der Waals surface area contributed by atoms with Gasteiger partial charge in [0.1, 0.15) is 0 Å². The first-order chi connectivity index (χ1) is 11.1. The molecule has 0 heterocycles. The first kappa shape index (κ1) is 16.0. The number of urea groups is 2. The Balaban J connectivity index is 1.87. The number of benzene rings is 2. The number of carbonyl (C=O) groups excluding carboxylic acids is 3. The van der Waals surface area contributed by atoms with Crippen molar-refractivity contribution < 1.29 is 19.1 Å². The normalized spacial score (nSPS) is 9.61. The average Bonchev–Trinajstić information content (AvgIpc) is 2.55. The molecule has 2 aromatic rings. The van der Waals surface area contributed by atoms with E-state index in [0.717, 1.165) is 0 Å². The van der Waals surface area contributed by atoms with E-state index < -0.39 is 18.0 Å². The predicted octanol–water partition coefficient (Wildman–Crippen LogP) is 2.83. The average molecular weight is 313 g/mol. The second-order valence-electron chi connectivity index (χ2n) is 4.47. The Morgan fingerprint density at radius 1 is 0.783 bits per heavy atom. The van der Waals surface area contributed by atoms with Gasteiger partial charge < -0.3 is 15.4 Å². The third-order valence-electron chi connectivity index (χ3n) is 2.82. The van der Waals surface area contributed by atoms with E-state index in [4.69, 9.17) is 0 Å². The molecule has 0 saturated carbocycles.